The Morgan fingerprint density at radius 2 is 1.89 bits per heavy atom. The van der Waals surface area contributed by atoms with Crippen molar-refractivity contribution < 1.29 is 5.11 Å². The summed E-state index contributed by atoms with van der Waals surface area (Å²) in [5.74, 6) is 0. The lowest BCUT2D eigenvalue weighted by Gasteiger charge is -2.13. The minimum Gasteiger partial charge on any atom is -0.388 e. The van der Waals surface area contributed by atoms with Gasteiger partial charge in [-0.3, -0.25) is 0 Å². The van der Waals surface area contributed by atoms with Crippen molar-refractivity contribution in [2.45, 2.75) is 19.4 Å². The number of benzene rings is 2. The lowest BCUT2D eigenvalue weighted by molar-refractivity contribution is 0.178. The van der Waals surface area contributed by atoms with Gasteiger partial charge < -0.3 is 5.11 Å². The van der Waals surface area contributed by atoms with Gasteiger partial charge in [-0.25, -0.2) is 0 Å². The first-order valence-electron chi connectivity index (χ1n) is 5.85. The standard InChI is InChI=1S/C15H13Br2ClO/c1-9-6-11(3-5-13(9)17)15(19)7-10-2-4-12(16)8-14(10)18/h2-6,8,15,19H,7H2,1H3. The number of aliphatic hydroxyl groups is 1. The fourth-order valence-corrected chi connectivity index (χ4v) is 2.89. The summed E-state index contributed by atoms with van der Waals surface area (Å²) >= 11 is 13.0. The second-order valence-corrected chi connectivity index (χ2v) is 6.64. The fraction of sp³-hybridized carbons (Fsp3) is 0.200. The zero-order valence-corrected chi connectivity index (χ0v) is 14.3. The highest BCUT2D eigenvalue weighted by Crippen LogP contribution is 2.28. The lowest BCUT2D eigenvalue weighted by Crippen LogP contribution is -2.02. The SMILES string of the molecule is Cc1cc(C(O)Cc2ccc(Br)cc2Cl)ccc1Br. The molecule has 1 atom stereocenters. The maximum absolute atomic E-state index is 10.3. The predicted octanol–water partition coefficient (Wildman–Crippen LogP) is 5.45. The molecule has 2 aromatic rings. The zero-order chi connectivity index (χ0) is 14.0. The van der Waals surface area contributed by atoms with E-state index in [1.54, 1.807) is 0 Å². The molecule has 1 unspecified atom stereocenters. The second-order valence-electron chi connectivity index (χ2n) is 4.46. The maximum Gasteiger partial charge on any atom is 0.0831 e. The van der Waals surface area contributed by atoms with Gasteiger partial charge >= 0.3 is 0 Å². The number of halogens is 3. The Morgan fingerprint density at radius 3 is 2.53 bits per heavy atom. The normalized spacial score (nSPS) is 12.5. The van der Waals surface area contributed by atoms with Crippen LogP contribution in [0.2, 0.25) is 5.02 Å². The summed E-state index contributed by atoms with van der Waals surface area (Å²) in [7, 11) is 0. The van der Waals surface area contributed by atoms with E-state index >= 15 is 0 Å². The molecule has 19 heavy (non-hydrogen) atoms. The van der Waals surface area contributed by atoms with Crippen molar-refractivity contribution in [1.29, 1.82) is 0 Å². The fourth-order valence-electron chi connectivity index (χ4n) is 1.89. The number of hydrogen-bond donors (Lipinski definition) is 1. The van der Waals surface area contributed by atoms with Crippen LogP contribution in [-0.4, -0.2) is 5.11 Å². The molecule has 1 N–H and O–H groups in total. The average Bonchev–Trinajstić information content (AvgIpc) is 2.36. The monoisotopic (exact) mass is 402 g/mol. The van der Waals surface area contributed by atoms with Gasteiger partial charge in [-0.2, -0.15) is 0 Å². The van der Waals surface area contributed by atoms with E-state index in [2.05, 4.69) is 31.9 Å². The maximum atomic E-state index is 10.3. The summed E-state index contributed by atoms with van der Waals surface area (Å²) in [5, 5.41) is 11.0. The molecule has 2 rings (SSSR count). The molecule has 0 fully saturated rings. The minimum atomic E-state index is -0.550. The van der Waals surface area contributed by atoms with Crippen LogP contribution in [0.25, 0.3) is 0 Å². The molecular weight excluding hydrogens is 391 g/mol. The van der Waals surface area contributed by atoms with Crippen LogP contribution in [0.3, 0.4) is 0 Å². The summed E-state index contributed by atoms with van der Waals surface area (Å²) in [6, 6.07) is 11.6. The molecule has 0 heterocycles. The van der Waals surface area contributed by atoms with Crippen molar-refractivity contribution in [3.63, 3.8) is 0 Å². The molecule has 4 heteroatoms. The van der Waals surface area contributed by atoms with Gasteiger partial charge in [-0.1, -0.05) is 61.7 Å². The predicted molar refractivity (Wildman–Crippen MR) is 86.7 cm³/mol. The van der Waals surface area contributed by atoms with Gasteiger partial charge in [0, 0.05) is 20.4 Å². The van der Waals surface area contributed by atoms with Crippen molar-refractivity contribution in [2.24, 2.45) is 0 Å². The minimum absolute atomic E-state index is 0.507. The average molecular weight is 405 g/mol. The summed E-state index contributed by atoms with van der Waals surface area (Å²) in [5.41, 5.74) is 2.95. The van der Waals surface area contributed by atoms with Gasteiger partial charge in [0.1, 0.15) is 0 Å². The van der Waals surface area contributed by atoms with Gasteiger partial charge in [-0.15, -0.1) is 0 Å². The third kappa shape index (κ3) is 3.82. The van der Waals surface area contributed by atoms with Crippen molar-refractivity contribution in [2.75, 3.05) is 0 Å². The van der Waals surface area contributed by atoms with Gasteiger partial charge in [0.25, 0.3) is 0 Å². The van der Waals surface area contributed by atoms with E-state index in [1.807, 2.05) is 43.3 Å². The van der Waals surface area contributed by atoms with Crippen molar-refractivity contribution in [3.8, 4) is 0 Å². The van der Waals surface area contributed by atoms with E-state index in [0.29, 0.717) is 11.4 Å². The van der Waals surface area contributed by atoms with Crippen LogP contribution < -0.4 is 0 Å². The molecule has 1 nitrogen and oxygen atoms in total. The van der Waals surface area contributed by atoms with Gasteiger partial charge in [0.15, 0.2) is 0 Å². The first kappa shape index (κ1) is 15.0. The third-order valence-electron chi connectivity index (χ3n) is 3.00. The molecule has 0 amide bonds. The molecule has 0 saturated heterocycles. The van der Waals surface area contributed by atoms with Crippen LogP contribution in [-0.2, 0) is 6.42 Å². The number of rotatable bonds is 3. The highest BCUT2D eigenvalue weighted by atomic mass is 79.9. The summed E-state index contributed by atoms with van der Waals surface area (Å²) < 4.78 is 1.99. The Balaban J connectivity index is 2.20. The molecule has 2 aromatic carbocycles. The molecule has 0 saturated carbocycles. The Kier molecular flexibility index (Phi) is 5.07. The van der Waals surface area contributed by atoms with Gasteiger partial charge in [-0.05, 0) is 41.8 Å². The van der Waals surface area contributed by atoms with Crippen molar-refractivity contribution >= 4 is 43.5 Å². The van der Waals surface area contributed by atoms with Crippen molar-refractivity contribution in [3.05, 3.63) is 67.1 Å². The van der Waals surface area contributed by atoms with Gasteiger partial charge in [0.2, 0.25) is 0 Å². The van der Waals surface area contributed by atoms with Crippen LogP contribution in [0.1, 0.15) is 22.8 Å². The van der Waals surface area contributed by atoms with Crippen LogP contribution in [0, 0.1) is 6.92 Å². The number of aliphatic hydroxyl groups excluding tert-OH is 1. The number of hydrogen-bond acceptors (Lipinski definition) is 1. The molecule has 0 aliphatic heterocycles. The third-order valence-corrected chi connectivity index (χ3v) is 4.73. The highest BCUT2D eigenvalue weighted by Gasteiger charge is 2.12. The summed E-state index contributed by atoms with van der Waals surface area (Å²) in [6.07, 6.45) is -0.0434. The van der Waals surface area contributed by atoms with Gasteiger partial charge in [0.05, 0.1) is 6.10 Å². The van der Waals surface area contributed by atoms with Crippen molar-refractivity contribution in [1.82, 2.24) is 0 Å². The topological polar surface area (TPSA) is 20.2 Å². The van der Waals surface area contributed by atoms with E-state index in [-0.39, 0.29) is 0 Å². The summed E-state index contributed by atoms with van der Waals surface area (Å²) in [6.45, 7) is 2.01. The zero-order valence-electron chi connectivity index (χ0n) is 10.3. The van der Waals surface area contributed by atoms with E-state index < -0.39 is 6.10 Å². The first-order chi connectivity index (χ1) is 8.97. The molecule has 100 valence electrons. The molecule has 0 spiro atoms. The van der Waals surface area contributed by atoms with Crippen LogP contribution >= 0.6 is 43.5 Å². The first-order valence-corrected chi connectivity index (χ1v) is 7.82. The largest absolute Gasteiger partial charge is 0.388 e. The molecular formula is C15H13Br2ClO. The Labute approximate surface area is 134 Å². The Hall–Kier alpha value is -0.350. The molecule has 0 aliphatic rings. The van der Waals surface area contributed by atoms with E-state index in [0.717, 1.165) is 25.6 Å². The Morgan fingerprint density at radius 1 is 1.16 bits per heavy atom. The summed E-state index contributed by atoms with van der Waals surface area (Å²) in [4.78, 5) is 0. The van der Waals surface area contributed by atoms with E-state index in [1.165, 1.54) is 0 Å². The van der Waals surface area contributed by atoms with E-state index in [9.17, 15) is 5.11 Å². The van der Waals surface area contributed by atoms with Crippen LogP contribution in [0.15, 0.2) is 45.3 Å². The Bertz CT molecular complexity index is 599. The molecule has 0 radical (unpaired) electrons. The van der Waals surface area contributed by atoms with Crippen LogP contribution in [0.4, 0.5) is 0 Å². The van der Waals surface area contributed by atoms with Crippen LogP contribution in [0.5, 0.6) is 0 Å². The quantitative estimate of drug-likeness (QED) is 0.721. The second kappa shape index (κ2) is 6.40. The molecule has 0 aliphatic carbocycles. The molecule has 0 bridgehead atoms. The van der Waals surface area contributed by atoms with E-state index in [4.69, 9.17) is 11.6 Å². The lowest BCUT2D eigenvalue weighted by atomic mass is 10.00. The highest BCUT2D eigenvalue weighted by molar-refractivity contribution is 9.10. The molecule has 0 aromatic heterocycles. The smallest absolute Gasteiger partial charge is 0.0831 e. The number of aryl methyl sites for hydroxylation is 1.